The van der Waals surface area contributed by atoms with Crippen molar-refractivity contribution >= 4 is 17.4 Å². The number of nitrogens with zero attached hydrogens (tertiary/aromatic N) is 1. The first-order valence-electron chi connectivity index (χ1n) is 5.72. The van der Waals surface area contributed by atoms with E-state index in [0.29, 0.717) is 17.0 Å². The van der Waals surface area contributed by atoms with Crippen molar-refractivity contribution in [3.63, 3.8) is 0 Å². The molecule has 0 spiro atoms. The Kier molecular flexibility index (Phi) is 3.93. The van der Waals surface area contributed by atoms with Crippen LogP contribution in [0.25, 0.3) is 0 Å². The number of ether oxygens (including phenoxy) is 1. The predicted octanol–water partition coefficient (Wildman–Crippen LogP) is 2.90. The zero-order chi connectivity index (χ0) is 13.7. The normalized spacial score (nSPS) is 11.1. The van der Waals surface area contributed by atoms with Gasteiger partial charge in [0.1, 0.15) is 5.75 Å². The maximum atomic E-state index is 11.3. The Morgan fingerprint density at radius 1 is 1.05 bits per heavy atom. The van der Waals surface area contributed by atoms with E-state index in [1.165, 1.54) is 0 Å². The molecular formula is C15H13NO3. The van der Waals surface area contributed by atoms with Crippen LogP contribution in [0.4, 0.5) is 5.69 Å². The molecule has 1 N–H and O–H groups in total. The van der Waals surface area contributed by atoms with Crippen molar-refractivity contribution in [3.05, 3.63) is 60.2 Å². The van der Waals surface area contributed by atoms with Crippen LogP contribution in [0.15, 0.2) is 59.6 Å². The molecule has 0 amide bonds. The van der Waals surface area contributed by atoms with Gasteiger partial charge in [-0.25, -0.2) is 9.79 Å². The van der Waals surface area contributed by atoms with E-state index in [1.54, 1.807) is 55.6 Å². The standard InChI is InChI=1S/C15H13NO3/c1-19-13-9-7-12(8-10-13)16-14(15(17)18)11-5-3-2-4-6-11/h2-10H,1H3,(H,17,18). The lowest BCUT2D eigenvalue weighted by Gasteiger charge is -2.03. The molecule has 4 heteroatoms. The Morgan fingerprint density at radius 3 is 2.21 bits per heavy atom. The molecule has 0 unspecified atom stereocenters. The smallest absolute Gasteiger partial charge is 0.355 e. The molecule has 0 aliphatic carbocycles. The van der Waals surface area contributed by atoms with Crippen molar-refractivity contribution in [1.29, 1.82) is 0 Å². The molecule has 0 saturated carbocycles. The molecule has 0 aliphatic heterocycles. The van der Waals surface area contributed by atoms with Crippen LogP contribution in [0.2, 0.25) is 0 Å². The van der Waals surface area contributed by atoms with Crippen molar-refractivity contribution in [2.75, 3.05) is 7.11 Å². The fourth-order valence-electron chi connectivity index (χ4n) is 1.62. The van der Waals surface area contributed by atoms with E-state index >= 15 is 0 Å². The van der Waals surface area contributed by atoms with Crippen molar-refractivity contribution < 1.29 is 14.6 Å². The van der Waals surface area contributed by atoms with E-state index in [4.69, 9.17) is 4.74 Å². The van der Waals surface area contributed by atoms with Crippen molar-refractivity contribution in [2.45, 2.75) is 0 Å². The summed E-state index contributed by atoms with van der Waals surface area (Å²) in [6, 6.07) is 15.7. The molecule has 0 bridgehead atoms. The molecular weight excluding hydrogens is 242 g/mol. The first kappa shape index (κ1) is 12.8. The first-order valence-corrected chi connectivity index (χ1v) is 5.72. The van der Waals surface area contributed by atoms with Gasteiger partial charge >= 0.3 is 5.97 Å². The average Bonchev–Trinajstić information content (AvgIpc) is 2.46. The summed E-state index contributed by atoms with van der Waals surface area (Å²) < 4.78 is 5.04. The molecule has 0 radical (unpaired) electrons. The van der Waals surface area contributed by atoms with E-state index in [9.17, 15) is 9.90 Å². The predicted molar refractivity (Wildman–Crippen MR) is 73.3 cm³/mol. The lowest BCUT2D eigenvalue weighted by atomic mass is 10.1. The number of benzene rings is 2. The van der Waals surface area contributed by atoms with Gasteiger partial charge < -0.3 is 9.84 Å². The molecule has 0 aliphatic rings. The van der Waals surface area contributed by atoms with E-state index in [2.05, 4.69) is 4.99 Å². The average molecular weight is 255 g/mol. The zero-order valence-corrected chi connectivity index (χ0v) is 10.4. The minimum Gasteiger partial charge on any atom is -0.497 e. The molecule has 0 atom stereocenters. The van der Waals surface area contributed by atoms with Crippen LogP contribution in [0, 0.1) is 0 Å². The van der Waals surface area contributed by atoms with E-state index in [0.717, 1.165) is 0 Å². The van der Waals surface area contributed by atoms with Crippen LogP contribution in [0.3, 0.4) is 0 Å². The fourth-order valence-corrected chi connectivity index (χ4v) is 1.62. The molecule has 2 rings (SSSR count). The number of carboxylic acids is 1. The highest BCUT2D eigenvalue weighted by atomic mass is 16.5. The second kappa shape index (κ2) is 5.82. The number of carboxylic acid groups (broad SMARTS) is 1. The van der Waals surface area contributed by atoms with Crippen LogP contribution in [-0.4, -0.2) is 23.9 Å². The van der Waals surface area contributed by atoms with Gasteiger partial charge in [0.05, 0.1) is 12.8 Å². The summed E-state index contributed by atoms with van der Waals surface area (Å²) in [5.41, 5.74) is 1.17. The lowest BCUT2D eigenvalue weighted by molar-refractivity contribution is -0.129. The fraction of sp³-hybridized carbons (Fsp3) is 0.0667. The monoisotopic (exact) mass is 255 g/mol. The summed E-state index contributed by atoms with van der Waals surface area (Å²) >= 11 is 0. The van der Waals surface area contributed by atoms with Crippen molar-refractivity contribution in [2.24, 2.45) is 4.99 Å². The first-order chi connectivity index (χ1) is 9.20. The third kappa shape index (κ3) is 3.19. The lowest BCUT2D eigenvalue weighted by Crippen LogP contribution is -2.13. The van der Waals surface area contributed by atoms with E-state index in [1.807, 2.05) is 6.07 Å². The maximum absolute atomic E-state index is 11.3. The Balaban J connectivity index is 2.38. The van der Waals surface area contributed by atoms with Gasteiger partial charge in [0.2, 0.25) is 0 Å². The number of aliphatic carboxylic acids is 1. The molecule has 2 aromatic rings. The topological polar surface area (TPSA) is 58.9 Å². The summed E-state index contributed by atoms with van der Waals surface area (Å²) in [6.45, 7) is 0. The molecule has 2 aromatic carbocycles. The number of hydrogen-bond acceptors (Lipinski definition) is 3. The summed E-state index contributed by atoms with van der Waals surface area (Å²) in [7, 11) is 1.57. The quantitative estimate of drug-likeness (QED) is 0.854. The highest BCUT2D eigenvalue weighted by molar-refractivity contribution is 6.43. The Hall–Kier alpha value is -2.62. The number of rotatable bonds is 4. The highest BCUT2D eigenvalue weighted by Gasteiger charge is 2.11. The maximum Gasteiger partial charge on any atom is 0.355 e. The number of methoxy groups -OCH3 is 1. The summed E-state index contributed by atoms with van der Waals surface area (Å²) in [5, 5.41) is 9.23. The van der Waals surface area contributed by atoms with Gasteiger partial charge in [-0.05, 0) is 24.3 Å². The minimum atomic E-state index is -1.05. The second-order valence-electron chi connectivity index (χ2n) is 3.83. The van der Waals surface area contributed by atoms with E-state index in [-0.39, 0.29) is 5.71 Å². The van der Waals surface area contributed by atoms with E-state index < -0.39 is 5.97 Å². The summed E-state index contributed by atoms with van der Waals surface area (Å²) in [6.07, 6.45) is 0. The summed E-state index contributed by atoms with van der Waals surface area (Å²) in [5.74, 6) is -0.349. The van der Waals surface area contributed by atoms with Crippen LogP contribution in [0.1, 0.15) is 5.56 Å². The zero-order valence-electron chi connectivity index (χ0n) is 10.4. The SMILES string of the molecule is COc1ccc(N=C(C(=O)O)c2ccccc2)cc1. The van der Waals surface area contributed by atoms with Gasteiger partial charge in [0, 0.05) is 5.56 Å². The molecule has 0 aromatic heterocycles. The number of carbonyl (C=O) groups is 1. The van der Waals surface area contributed by atoms with Gasteiger partial charge in [0.15, 0.2) is 5.71 Å². The molecule has 0 saturated heterocycles. The van der Waals surface area contributed by atoms with Crippen molar-refractivity contribution in [1.82, 2.24) is 0 Å². The Bertz CT molecular complexity index is 589. The largest absolute Gasteiger partial charge is 0.497 e. The van der Waals surface area contributed by atoms with Gasteiger partial charge in [-0.1, -0.05) is 30.3 Å². The Labute approximate surface area is 111 Å². The third-order valence-electron chi connectivity index (χ3n) is 2.56. The van der Waals surface area contributed by atoms with Crippen LogP contribution in [-0.2, 0) is 4.79 Å². The minimum absolute atomic E-state index is 0.0192. The molecule has 96 valence electrons. The number of hydrogen-bond donors (Lipinski definition) is 1. The Morgan fingerprint density at radius 2 is 1.68 bits per heavy atom. The van der Waals surface area contributed by atoms with Crippen LogP contribution < -0.4 is 4.74 Å². The molecule has 19 heavy (non-hydrogen) atoms. The van der Waals surface area contributed by atoms with Crippen LogP contribution >= 0.6 is 0 Å². The molecule has 0 fully saturated rings. The second-order valence-corrected chi connectivity index (χ2v) is 3.83. The van der Waals surface area contributed by atoms with Gasteiger partial charge in [-0.2, -0.15) is 0 Å². The number of aliphatic imine (C=N–C) groups is 1. The molecule has 0 heterocycles. The van der Waals surface area contributed by atoms with Gasteiger partial charge in [-0.15, -0.1) is 0 Å². The third-order valence-corrected chi connectivity index (χ3v) is 2.56. The molecule has 4 nitrogen and oxygen atoms in total. The van der Waals surface area contributed by atoms with Crippen molar-refractivity contribution in [3.8, 4) is 5.75 Å². The highest BCUT2D eigenvalue weighted by Crippen LogP contribution is 2.19. The van der Waals surface area contributed by atoms with Gasteiger partial charge in [0.25, 0.3) is 0 Å². The van der Waals surface area contributed by atoms with Gasteiger partial charge in [-0.3, -0.25) is 0 Å². The van der Waals surface area contributed by atoms with Crippen LogP contribution in [0.5, 0.6) is 5.75 Å². The summed E-state index contributed by atoms with van der Waals surface area (Å²) in [4.78, 5) is 15.4.